The second-order valence-corrected chi connectivity index (χ2v) is 5.16. The number of nitrogens with one attached hydrogen (secondary N) is 1. The lowest BCUT2D eigenvalue weighted by Crippen LogP contribution is -2.34. The van der Waals surface area contributed by atoms with Crippen molar-refractivity contribution < 1.29 is 4.79 Å². The van der Waals surface area contributed by atoms with Crippen molar-refractivity contribution in [2.24, 2.45) is 0 Å². The van der Waals surface area contributed by atoms with E-state index in [1.165, 1.54) is 19.8 Å². The van der Waals surface area contributed by atoms with E-state index in [2.05, 4.69) is 36.8 Å². The van der Waals surface area contributed by atoms with E-state index in [9.17, 15) is 4.79 Å². The largest absolute Gasteiger partial charge is 0.345 e. The van der Waals surface area contributed by atoms with E-state index in [1.54, 1.807) is 0 Å². The Hall–Kier alpha value is -0.220. The summed E-state index contributed by atoms with van der Waals surface area (Å²) in [5, 5.41) is 2.79. The Morgan fingerprint density at radius 3 is 2.60 bits per heavy atom. The SMILES string of the molecule is CC(=O)NC(S)CCC(C)N(C)C1CC1. The van der Waals surface area contributed by atoms with Crippen LogP contribution in [0.25, 0.3) is 0 Å². The van der Waals surface area contributed by atoms with Gasteiger partial charge in [-0.3, -0.25) is 4.79 Å². The Bertz CT molecular complexity index is 219. The van der Waals surface area contributed by atoms with Crippen molar-refractivity contribution in [3.63, 3.8) is 0 Å². The quantitative estimate of drug-likeness (QED) is 0.537. The van der Waals surface area contributed by atoms with Crippen LogP contribution in [0, 0.1) is 0 Å². The van der Waals surface area contributed by atoms with E-state index in [4.69, 9.17) is 0 Å². The molecule has 1 N–H and O–H groups in total. The smallest absolute Gasteiger partial charge is 0.217 e. The van der Waals surface area contributed by atoms with Gasteiger partial charge >= 0.3 is 0 Å². The molecular weight excluding hydrogens is 208 g/mol. The van der Waals surface area contributed by atoms with Gasteiger partial charge < -0.3 is 10.2 Å². The van der Waals surface area contributed by atoms with Crippen LogP contribution < -0.4 is 5.32 Å². The Balaban J connectivity index is 2.14. The van der Waals surface area contributed by atoms with E-state index >= 15 is 0 Å². The van der Waals surface area contributed by atoms with E-state index < -0.39 is 0 Å². The van der Waals surface area contributed by atoms with E-state index in [0.717, 1.165) is 18.9 Å². The third-order valence-electron chi connectivity index (χ3n) is 3.05. The maximum atomic E-state index is 10.8. The Morgan fingerprint density at radius 2 is 2.13 bits per heavy atom. The zero-order valence-electron chi connectivity index (χ0n) is 9.86. The first-order chi connectivity index (χ1) is 7.00. The number of hydrogen-bond acceptors (Lipinski definition) is 3. The fourth-order valence-corrected chi connectivity index (χ4v) is 2.08. The van der Waals surface area contributed by atoms with Crippen molar-refractivity contribution in [3.05, 3.63) is 0 Å². The van der Waals surface area contributed by atoms with Crippen molar-refractivity contribution >= 4 is 18.5 Å². The number of carbonyl (C=O) groups excluding carboxylic acids is 1. The minimum absolute atomic E-state index is 0.00167. The summed E-state index contributed by atoms with van der Waals surface area (Å²) in [5.74, 6) is -0.00167. The molecule has 0 spiro atoms. The second kappa shape index (κ2) is 5.75. The normalized spacial score (nSPS) is 20.1. The Kier molecular flexibility index (Phi) is 4.93. The fourth-order valence-electron chi connectivity index (χ4n) is 1.75. The van der Waals surface area contributed by atoms with Gasteiger partial charge in [-0.1, -0.05) is 0 Å². The first kappa shape index (κ1) is 12.8. The zero-order chi connectivity index (χ0) is 11.4. The van der Waals surface area contributed by atoms with Gasteiger partial charge in [-0.05, 0) is 39.7 Å². The van der Waals surface area contributed by atoms with Crippen LogP contribution in [0.15, 0.2) is 0 Å². The lowest BCUT2D eigenvalue weighted by Gasteiger charge is -2.25. The molecule has 1 amide bonds. The van der Waals surface area contributed by atoms with Crippen LogP contribution in [0.1, 0.15) is 39.5 Å². The highest BCUT2D eigenvalue weighted by Gasteiger charge is 2.28. The third kappa shape index (κ3) is 4.89. The molecule has 2 atom stereocenters. The highest BCUT2D eigenvalue weighted by molar-refractivity contribution is 7.80. The highest BCUT2D eigenvalue weighted by atomic mass is 32.1. The standard InChI is InChI=1S/C11H22N2OS/c1-8(13(3)10-5-6-10)4-7-11(15)12-9(2)14/h8,10-11,15H,4-7H2,1-3H3,(H,12,14). The van der Waals surface area contributed by atoms with E-state index in [0.29, 0.717) is 6.04 Å². The van der Waals surface area contributed by atoms with E-state index in [1.807, 2.05) is 0 Å². The van der Waals surface area contributed by atoms with Gasteiger partial charge in [0.05, 0.1) is 5.37 Å². The number of nitrogens with zero attached hydrogens (tertiary/aromatic N) is 1. The summed E-state index contributed by atoms with van der Waals surface area (Å²) in [6.07, 6.45) is 4.70. The van der Waals surface area contributed by atoms with E-state index in [-0.39, 0.29) is 11.3 Å². The molecule has 0 radical (unpaired) electrons. The lowest BCUT2D eigenvalue weighted by molar-refractivity contribution is -0.119. The number of hydrogen-bond donors (Lipinski definition) is 2. The van der Waals surface area contributed by atoms with Gasteiger partial charge in [0.15, 0.2) is 0 Å². The maximum absolute atomic E-state index is 10.8. The summed E-state index contributed by atoms with van der Waals surface area (Å²) in [7, 11) is 2.19. The summed E-state index contributed by atoms with van der Waals surface area (Å²) >= 11 is 4.33. The van der Waals surface area contributed by atoms with Gasteiger partial charge in [0.2, 0.25) is 5.91 Å². The molecule has 0 aromatic carbocycles. The molecule has 4 heteroatoms. The molecule has 1 aliphatic rings. The van der Waals surface area contributed by atoms with Gasteiger partial charge in [0.25, 0.3) is 0 Å². The molecule has 3 nitrogen and oxygen atoms in total. The summed E-state index contributed by atoms with van der Waals surface area (Å²) < 4.78 is 0. The molecule has 0 saturated heterocycles. The van der Waals surface area contributed by atoms with Crippen molar-refractivity contribution in [1.82, 2.24) is 10.2 Å². The molecule has 15 heavy (non-hydrogen) atoms. The van der Waals surface area contributed by atoms with Crippen molar-refractivity contribution in [2.45, 2.75) is 57.0 Å². The van der Waals surface area contributed by atoms with Gasteiger partial charge in [-0.25, -0.2) is 0 Å². The molecule has 1 aliphatic carbocycles. The van der Waals surface area contributed by atoms with Crippen molar-refractivity contribution in [1.29, 1.82) is 0 Å². The molecular formula is C11H22N2OS. The highest BCUT2D eigenvalue weighted by Crippen LogP contribution is 2.28. The lowest BCUT2D eigenvalue weighted by atomic mass is 10.1. The predicted octanol–water partition coefficient (Wildman–Crippen LogP) is 1.64. The molecule has 0 aliphatic heterocycles. The molecule has 0 heterocycles. The summed E-state index contributed by atoms with van der Waals surface area (Å²) in [6.45, 7) is 3.77. The van der Waals surface area contributed by atoms with Crippen LogP contribution in [0.4, 0.5) is 0 Å². The van der Waals surface area contributed by atoms with Crippen LogP contribution in [0.5, 0.6) is 0 Å². The zero-order valence-corrected chi connectivity index (χ0v) is 10.8. The first-order valence-electron chi connectivity index (χ1n) is 5.67. The number of amides is 1. The molecule has 1 fully saturated rings. The molecule has 88 valence electrons. The minimum atomic E-state index is -0.00227. The van der Waals surface area contributed by atoms with Gasteiger partial charge in [0.1, 0.15) is 0 Å². The van der Waals surface area contributed by atoms with Crippen LogP contribution in [0.2, 0.25) is 0 Å². The molecule has 0 aromatic rings. The predicted molar refractivity (Wildman–Crippen MR) is 66.1 cm³/mol. The minimum Gasteiger partial charge on any atom is -0.345 e. The fraction of sp³-hybridized carbons (Fsp3) is 0.909. The van der Waals surface area contributed by atoms with Gasteiger partial charge in [-0.2, -0.15) is 12.6 Å². The van der Waals surface area contributed by atoms with Crippen LogP contribution in [-0.2, 0) is 4.79 Å². The molecule has 2 unspecified atom stereocenters. The van der Waals surface area contributed by atoms with Gasteiger partial charge in [0, 0.05) is 19.0 Å². The van der Waals surface area contributed by atoms with Crippen LogP contribution in [0.3, 0.4) is 0 Å². The van der Waals surface area contributed by atoms with Crippen LogP contribution >= 0.6 is 12.6 Å². The number of rotatable bonds is 6. The maximum Gasteiger partial charge on any atom is 0.217 e. The summed E-state index contributed by atoms with van der Waals surface area (Å²) in [5.41, 5.74) is 0. The van der Waals surface area contributed by atoms with Gasteiger partial charge in [-0.15, -0.1) is 0 Å². The molecule has 1 saturated carbocycles. The summed E-state index contributed by atoms with van der Waals surface area (Å²) in [4.78, 5) is 13.2. The van der Waals surface area contributed by atoms with Crippen molar-refractivity contribution in [3.8, 4) is 0 Å². The number of thiol groups is 1. The average molecular weight is 230 g/mol. The van der Waals surface area contributed by atoms with Crippen LogP contribution in [-0.4, -0.2) is 35.3 Å². The Morgan fingerprint density at radius 1 is 1.53 bits per heavy atom. The first-order valence-corrected chi connectivity index (χ1v) is 6.19. The summed E-state index contributed by atoms with van der Waals surface area (Å²) in [6, 6.07) is 1.39. The monoisotopic (exact) mass is 230 g/mol. The topological polar surface area (TPSA) is 32.3 Å². The molecule has 1 rings (SSSR count). The third-order valence-corrected chi connectivity index (χ3v) is 3.43. The Labute approximate surface area is 98.0 Å². The van der Waals surface area contributed by atoms with Crippen molar-refractivity contribution in [2.75, 3.05) is 7.05 Å². The average Bonchev–Trinajstić information content (AvgIpc) is 2.95. The second-order valence-electron chi connectivity index (χ2n) is 4.54. The number of carbonyl (C=O) groups is 1. The molecule has 0 bridgehead atoms. The molecule has 0 aromatic heterocycles.